The number of fused-ring (bicyclic) bond motifs is 1. The molecule has 0 fully saturated rings. The predicted octanol–water partition coefficient (Wildman–Crippen LogP) is 3.41. The lowest BCUT2D eigenvalue weighted by molar-refractivity contribution is 0.102. The van der Waals surface area contributed by atoms with E-state index in [-0.39, 0.29) is 5.91 Å². The molecule has 3 aromatic heterocycles. The van der Waals surface area contributed by atoms with E-state index in [2.05, 4.69) is 20.4 Å². The normalized spacial score (nSPS) is 10.9. The van der Waals surface area contributed by atoms with Crippen molar-refractivity contribution in [2.24, 2.45) is 0 Å². The zero-order valence-electron chi connectivity index (χ0n) is 12.8. The fourth-order valence-electron chi connectivity index (χ4n) is 2.36. The molecule has 0 unspecified atom stereocenters. The van der Waals surface area contributed by atoms with Gasteiger partial charge in [-0.15, -0.1) is 11.3 Å². The largest absolute Gasteiger partial charge is 0.296 e. The van der Waals surface area contributed by atoms with Crippen LogP contribution >= 0.6 is 11.3 Å². The van der Waals surface area contributed by atoms with Crippen LogP contribution in [-0.4, -0.2) is 25.5 Å². The number of aromatic nitrogens is 4. The average molecular weight is 335 g/mol. The Balaban J connectivity index is 1.56. The second kappa shape index (κ2) is 5.86. The smallest absolute Gasteiger partial charge is 0.277 e. The second-order valence-electron chi connectivity index (χ2n) is 5.26. The van der Waals surface area contributed by atoms with Gasteiger partial charge in [0.1, 0.15) is 5.69 Å². The number of benzene rings is 1. The maximum atomic E-state index is 12.4. The fourth-order valence-corrected chi connectivity index (χ4v) is 3.07. The van der Waals surface area contributed by atoms with Gasteiger partial charge in [-0.1, -0.05) is 30.3 Å². The number of anilines is 1. The Labute approximate surface area is 141 Å². The van der Waals surface area contributed by atoms with Gasteiger partial charge in [-0.2, -0.15) is 5.10 Å². The monoisotopic (exact) mass is 335 g/mol. The van der Waals surface area contributed by atoms with Crippen molar-refractivity contribution in [1.29, 1.82) is 0 Å². The van der Waals surface area contributed by atoms with E-state index in [1.54, 1.807) is 22.8 Å². The number of amides is 1. The lowest BCUT2D eigenvalue weighted by atomic mass is 10.2. The lowest BCUT2D eigenvalue weighted by Gasteiger charge is -2.01. The molecule has 7 heteroatoms. The van der Waals surface area contributed by atoms with Crippen LogP contribution in [0.25, 0.3) is 16.9 Å². The molecule has 0 saturated heterocycles. The van der Waals surface area contributed by atoms with Crippen LogP contribution in [0.2, 0.25) is 0 Å². The molecule has 6 nitrogen and oxygen atoms in total. The molecule has 0 spiro atoms. The number of hydrogen-bond acceptors (Lipinski definition) is 5. The third kappa shape index (κ3) is 2.77. The van der Waals surface area contributed by atoms with Gasteiger partial charge in [-0.05, 0) is 19.1 Å². The van der Waals surface area contributed by atoms with Crippen LogP contribution in [0.4, 0.5) is 5.13 Å². The molecular formula is C17H13N5OS. The first kappa shape index (κ1) is 14.5. The highest BCUT2D eigenvalue weighted by atomic mass is 32.1. The van der Waals surface area contributed by atoms with E-state index in [0.717, 1.165) is 17.0 Å². The molecule has 0 atom stereocenters. The van der Waals surface area contributed by atoms with Gasteiger partial charge in [0, 0.05) is 10.9 Å². The van der Waals surface area contributed by atoms with Crippen molar-refractivity contribution in [2.45, 2.75) is 6.92 Å². The molecule has 0 aliphatic carbocycles. The zero-order chi connectivity index (χ0) is 16.5. The lowest BCUT2D eigenvalue weighted by Crippen LogP contribution is -2.14. The molecule has 1 N–H and O–H groups in total. The summed E-state index contributed by atoms with van der Waals surface area (Å²) in [5.74, 6) is -0.294. The molecule has 0 saturated carbocycles. The average Bonchev–Trinajstić information content (AvgIpc) is 3.20. The third-order valence-electron chi connectivity index (χ3n) is 3.47. The van der Waals surface area contributed by atoms with Crippen molar-refractivity contribution in [3.05, 3.63) is 65.4 Å². The van der Waals surface area contributed by atoms with E-state index < -0.39 is 0 Å². The van der Waals surface area contributed by atoms with Gasteiger partial charge in [-0.25, -0.2) is 14.5 Å². The van der Waals surface area contributed by atoms with Crippen molar-refractivity contribution in [3.63, 3.8) is 0 Å². The summed E-state index contributed by atoms with van der Waals surface area (Å²) in [7, 11) is 0. The number of carbonyl (C=O) groups is 1. The summed E-state index contributed by atoms with van der Waals surface area (Å²) < 4.78 is 1.60. The summed E-state index contributed by atoms with van der Waals surface area (Å²) in [4.78, 5) is 21.1. The van der Waals surface area contributed by atoms with E-state index in [1.807, 2.05) is 42.6 Å². The van der Waals surface area contributed by atoms with E-state index in [9.17, 15) is 4.79 Å². The maximum Gasteiger partial charge on any atom is 0.277 e. The van der Waals surface area contributed by atoms with Crippen molar-refractivity contribution in [1.82, 2.24) is 19.6 Å². The van der Waals surface area contributed by atoms with Crippen LogP contribution in [0, 0.1) is 6.92 Å². The Bertz CT molecular complexity index is 1020. The molecule has 1 amide bonds. The van der Waals surface area contributed by atoms with Crippen molar-refractivity contribution in [3.8, 4) is 11.3 Å². The third-order valence-corrected chi connectivity index (χ3v) is 4.23. The van der Waals surface area contributed by atoms with Gasteiger partial charge < -0.3 is 0 Å². The van der Waals surface area contributed by atoms with Gasteiger partial charge in [-0.3, -0.25) is 10.1 Å². The zero-order valence-corrected chi connectivity index (χ0v) is 13.6. The first-order valence-corrected chi connectivity index (χ1v) is 8.22. The van der Waals surface area contributed by atoms with E-state index in [0.29, 0.717) is 16.5 Å². The Hall–Kier alpha value is -3.06. The summed E-state index contributed by atoms with van der Waals surface area (Å²) in [6.45, 7) is 1.88. The number of carbonyl (C=O) groups excluding carboxylic acids is 1. The minimum absolute atomic E-state index is 0.294. The number of hydrogen-bond donors (Lipinski definition) is 1. The SMILES string of the molecule is Cc1cn2nc(C(=O)Nc3nc(-c4ccccc4)cs3)ccc2n1. The van der Waals surface area contributed by atoms with Crippen LogP contribution in [0.1, 0.15) is 16.2 Å². The van der Waals surface area contributed by atoms with Gasteiger partial charge in [0.15, 0.2) is 10.8 Å². The molecule has 4 aromatic rings. The number of thiazole rings is 1. The van der Waals surface area contributed by atoms with Gasteiger partial charge in [0.2, 0.25) is 0 Å². The quantitative estimate of drug-likeness (QED) is 0.623. The molecule has 4 rings (SSSR count). The minimum Gasteiger partial charge on any atom is -0.296 e. The highest BCUT2D eigenvalue weighted by Crippen LogP contribution is 2.24. The molecule has 1 aromatic carbocycles. The number of aryl methyl sites for hydroxylation is 1. The summed E-state index contributed by atoms with van der Waals surface area (Å²) >= 11 is 1.39. The van der Waals surface area contributed by atoms with Crippen LogP contribution in [0.15, 0.2) is 54.0 Å². The highest BCUT2D eigenvalue weighted by Gasteiger charge is 2.12. The summed E-state index contributed by atoms with van der Waals surface area (Å²) in [6, 6.07) is 13.3. The van der Waals surface area contributed by atoms with Gasteiger partial charge >= 0.3 is 0 Å². The minimum atomic E-state index is -0.294. The van der Waals surface area contributed by atoms with E-state index in [1.165, 1.54) is 11.3 Å². The maximum absolute atomic E-state index is 12.4. The van der Waals surface area contributed by atoms with Crippen LogP contribution in [0.3, 0.4) is 0 Å². The number of nitrogens with one attached hydrogen (secondary N) is 1. The second-order valence-corrected chi connectivity index (χ2v) is 6.12. The first-order valence-electron chi connectivity index (χ1n) is 7.34. The molecule has 118 valence electrons. The first-order chi connectivity index (χ1) is 11.7. The fraction of sp³-hybridized carbons (Fsp3) is 0.0588. The Morgan fingerprint density at radius 2 is 1.96 bits per heavy atom. The molecule has 3 heterocycles. The van der Waals surface area contributed by atoms with E-state index in [4.69, 9.17) is 0 Å². The molecule has 0 aliphatic heterocycles. The Kier molecular flexibility index (Phi) is 3.55. The van der Waals surface area contributed by atoms with Crippen LogP contribution < -0.4 is 5.32 Å². The topological polar surface area (TPSA) is 72.2 Å². The Morgan fingerprint density at radius 1 is 1.12 bits per heavy atom. The van der Waals surface area contributed by atoms with Crippen LogP contribution in [-0.2, 0) is 0 Å². The Morgan fingerprint density at radius 3 is 2.79 bits per heavy atom. The summed E-state index contributed by atoms with van der Waals surface area (Å²) in [5, 5.41) is 9.53. The summed E-state index contributed by atoms with van der Waals surface area (Å²) in [5.41, 5.74) is 3.74. The summed E-state index contributed by atoms with van der Waals surface area (Å²) in [6.07, 6.45) is 1.78. The number of nitrogens with zero attached hydrogens (tertiary/aromatic N) is 4. The molecule has 0 bridgehead atoms. The highest BCUT2D eigenvalue weighted by molar-refractivity contribution is 7.14. The van der Waals surface area contributed by atoms with Crippen molar-refractivity contribution >= 4 is 28.0 Å². The predicted molar refractivity (Wildman–Crippen MR) is 93.2 cm³/mol. The van der Waals surface area contributed by atoms with Gasteiger partial charge in [0.25, 0.3) is 5.91 Å². The molecule has 0 radical (unpaired) electrons. The van der Waals surface area contributed by atoms with Crippen molar-refractivity contribution < 1.29 is 4.79 Å². The standard InChI is InChI=1S/C17H13N5OS/c1-11-9-22-15(18-11)8-7-13(21-22)16(23)20-17-19-14(10-24-17)12-5-3-2-4-6-12/h2-10H,1H3,(H,19,20,23). The number of imidazole rings is 1. The molecular weight excluding hydrogens is 322 g/mol. The number of rotatable bonds is 3. The van der Waals surface area contributed by atoms with E-state index >= 15 is 0 Å². The molecule has 24 heavy (non-hydrogen) atoms. The van der Waals surface area contributed by atoms with Crippen LogP contribution in [0.5, 0.6) is 0 Å². The van der Waals surface area contributed by atoms with Crippen molar-refractivity contribution in [2.75, 3.05) is 5.32 Å². The molecule has 0 aliphatic rings. The van der Waals surface area contributed by atoms with Gasteiger partial charge in [0.05, 0.1) is 17.6 Å².